The van der Waals surface area contributed by atoms with Crippen LogP contribution in [0.5, 0.6) is 0 Å². The van der Waals surface area contributed by atoms with E-state index in [9.17, 15) is 9.90 Å². The van der Waals surface area contributed by atoms with Crippen molar-refractivity contribution in [1.29, 1.82) is 0 Å². The molecule has 2 aliphatic rings. The average molecular weight is 474 g/mol. The van der Waals surface area contributed by atoms with Gasteiger partial charge in [-0.05, 0) is 79.5 Å². The van der Waals surface area contributed by atoms with Crippen LogP contribution in [0.1, 0.15) is 50.2 Å². The van der Waals surface area contributed by atoms with Gasteiger partial charge in [0.05, 0.1) is 7.11 Å². The molecule has 2 aromatic rings. The lowest BCUT2D eigenvalue weighted by Crippen LogP contribution is -2.52. The molecule has 0 bridgehead atoms. The Morgan fingerprint density at radius 1 is 1.12 bits per heavy atom. The summed E-state index contributed by atoms with van der Waals surface area (Å²) in [6.45, 7) is 2.21. The summed E-state index contributed by atoms with van der Waals surface area (Å²) in [5.74, 6) is -0.0873. The highest BCUT2D eigenvalue weighted by Crippen LogP contribution is 2.55. The number of fused-ring (bicyclic) bond motifs is 2. The van der Waals surface area contributed by atoms with Crippen LogP contribution in [0, 0.1) is 5.92 Å². The number of aliphatic hydroxyl groups excluding tert-OH is 1. The van der Waals surface area contributed by atoms with Crippen molar-refractivity contribution in [3.63, 3.8) is 0 Å². The smallest absolute Gasteiger partial charge is 0.331 e. The first kappa shape index (κ1) is 23.2. The van der Waals surface area contributed by atoms with Gasteiger partial charge in [-0.25, -0.2) is 4.79 Å². The summed E-state index contributed by atoms with van der Waals surface area (Å²) in [6.07, 6.45) is 5.90. The number of allylic oxidation sites excluding steroid dienone is 1. The molecule has 1 atom stereocenters. The molecular weight excluding hydrogens is 445 g/mol. The minimum atomic E-state index is -0.812. The van der Waals surface area contributed by atoms with Crippen LogP contribution in [0.2, 0.25) is 10.0 Å². The van der Waals surface area contributed by atoms with Gasteiger partial charge in [0.15, 0.2) is 0 Å². The molecule has 0 saturated heterocycles. The van der Waals surface area contributed by atoms with Crippen LogP contribution < -0.4 is 5.32 Å². The molecule has 2 aromatic carbocycles. The number of carbonyl (C=O) groups excluding carboxylic acids is 1. The fourth-order valence-corrected chi connectivity index (χ4v) is 5.76. The van der Waals surface area contributed by atoms with Crippen molar-refractivity contribution in [1.82, 2.24) is 0 Å². The van der Waals surface area contributed by atoms with Crippen molar-refractivity contribution in [2.45, 2.75) is 50.0 Å². The number of hydrogen-bond donors (Lipinski definition) is 2. The van der Waals surface area contributed by atoms with Crippen molar-refractivity contribution in [2.75, 3.05) is 19.0 Å². The predicted octanol–water partition coefficient (Wildman–Crippen LogP) is 6.24. The number of nitrogens with one attached hydrogen (secondary N) is 1. The van der Waals surface area contributed by atoms with Crippen LogP contribution in [0.4, 0.5) is 5.69 Å². The summed E-state index contributed by atoms with van der Waals surface area (Å²) in [7, 11) is 1.44. The third kappa shape index (κ3) is 4.16. The van der Waals surface area contributed by atoms with Crippen LogP contribution in [0.25, 0.3) is 6.08 Å². The second-order valence-corrected chi connectivity index (χ2v) is 10.1. The number of hydrogen-bond acceptors (Lipinski definition) is 4. The van der Waals surface area contributed by atoms with Gasteiger partial charge >= 0.3 is 5.97 Å². The molecule has 0 unspecified atom stereocenters. The maximum absolute atomic E-state index is 13.0. The molecule has 32 heavy (non-hydrogen) atoms. The molecule has 0 aromatic heterocycles. The van der Waals surface area contributed by atoms with E-state index in [2.05, 4.69) is 24.4 Å². The highest BCUT2D eigenvalue weighted by atomic mass is 35.5. The number of benzene rings is 2. The van der Waals surface area contributed by atoms with E-state index in [4.69, 9.17) is 27.9 Å². The zero-order valence-electron chi connectivity index (χ0n) is 18.5. The molecule has 170 valence electrons. The Labute approximate surface area is 199 Å². The number of halogens is 2. The lowest BCUT2D eigenvalue weighted by molar-refractivity contribution is -0.147. The van der Waals surface area contributed by atoms with E-state index in [1.807, 2.05) is 36.4 Å². The van der Waals surface area contributed by atoms with Crippen LogP contribution in [-0.4, -0.2) is 30.3 Å². The zero-order valence-corrected chi connectivity index (χ0v) is 20.0. The molecule has 0 aliphatic heterocycles. The Hall–Kier alpha value is -2.01. The van der Waals surface area contributed by atoms with Gasteiger partial charge in [0, 0.05) is 27.8 Å². The van der Waals surface area contributed by atoms with Gasteiger partial charge < -0.3 is 15.2 Å². The number of anilines is 1. The Balaban J connectivity index is 1.67. The fraction of sp³-hybridized carbons (Fsp3) is 0.423. The second kappa shape index (κ2) is 9.09. The second-order valence-electron chi connectivity index (χ2n) is 9.18. The Morgan fingerprint density at radius 3 is 2.50 bits per heavy atom. The highest BCUT2D eigenvalue weighted by Gasteiger charge is 2.51. The normalized spacial score (nSPS) is 25.2. The van der Waals surface area contributed by atoms with Crippen molar-refractivity contribution < 1.29 is 14.6 Å². The predicted molar refractivity (Wildman–Crippen MR) is 130 cm³/mol. The van der Waals surface area contributed by atoms with Gasteiger partial charge in [-0.15, -0.1) is 0 Å². The van der Waals surface area contributed by atoms with E-state index in [1.54, 1.807) is 0 Å². The number of methoxy groups -OCH3 is 1. The quantitative estimate of drug-likeness (QED) is 0.487. The van der Waals surface area contributed by atoms with Gasteiger partial charge in [0.25, 0.3) is 0 Å². The van der Waals surface area contributed by atoms with E-state index in [-0.39, 0.29) is 23.9 Å². The van der Waals surface area contributed by atoms with Crippen LogP contribution in [0.15, 0.2) is 48.0 Å². The summed E-state index contributed by atoms with van der Waals surface area (Å²) in [4.78, 5) is 13.0. The largest absolute Gasteiger partial charge is 0.467 e. The van der Waals surface area contributed by atoms with Gasteiger partial charge in [-0.2, -0.15) is 0 Å². The van der Waals surface area contributed by atoms with Gasteiger partial charge in [0.1, 0.15) is 5.54 Å². The topological polar surface area (TPSA) is 58.6 Å². The van der Waals surface area contributed by atoms with Crippen LogP contribution >= 0.6 is 23.2 Å². The van der Waals surface area contributed by atoms with E-state index in [0.29, 0.717) is 22.9 Å². The number of ether oxygens (including phenoxy) is 1. The third-order valence-electron chi connectivity index (χ3n) is 7.10. The lowest BCUT2D eigenvalue weighted by Gasteiger charge is -2.46. The number of carbonyl (C=O) groups is 1. The SMILES string of the molecule is COC(=O)C1(Nc2cccc(Cl)c2)CCC2(CC1)C(C[C@@H](C)CO)=Cc1cc(Cl)ccc12. The summed E-state index contributed by atoms with van der Waals surface area (Å²) < 4.78 is 5.24. The van der Waals surface area contributed by atoms with Crippen molar-refractivity contribution in [3.05, 3.63) is 69.2 Å². The van der Waals surface area contributed by atoms with E-state index in [1.165, 1.54) is 18.2 Å². The van der Waals surface area contributed by atoms with Crippen molar-refractivity contribution >= 4 is 40.9 Å². The van der Waals surface area contributed by atoms with Crippen molar-refractivity contribution in [3.8, 4) is 0 Å². The fourth-order valence-electron chi connectivity index (χ4n) is 5.39. The van der Waals surface area contributed by atoms with Gasteiger partial charge in [0.2, 0.25) is 0 Å². The highest BCUT2D eigenvalue weighted by molar-refractivity contribution is 6.31. The molecule has 4 rings (SSSR count). The van der Waals surface area contributed by atoms with E-state index < -0.39 is 5.54 Å². The maximum atomic E-state index is 13.0. The van der Waals surface area contributed by atoms with E-state index in [0.717, 1.165) is 30.5 Å². The lowest BCUT2D eigenvalue weighted by atomic mass is 9.61. The molecule has 0 radical (unpaired) electrons. The Bertz CT molecular complexity index is 1040. The molecular formula is C26H29Cl2NO3. The summed E-state index contributed by atoms with van der Waals surface area (Å²) in [6, 6.07) is 13.5. The molecule has 2 aliphatic carbocycles. The third-order valence-corrected chi connectivity index (χ3v) is 7.57. The summed E-state index contributed by atoms with van der Waals surface area (Å²) in [5.41, 5.74) is 3.57. The van der Waals surface area contributed by atoms with E-state index >= 15 is 0 Å². The standard InChI is InChI=1S/C26H29Cl2NO3/c1-17(16-30)12-19-13-18-14-21(28)6-7-23(18)25(19)8-10-26(11-9-25,24(31)32-2)29-22-5-3-4-20(27)15-22/h3-7,13-15,17,29-30H,8-12,16H2,1-2H3/t17-,25?,26?/m1/s1. The average Bonchev–Trinajstić information content (AvgIpc) is 3.06. The minimum absolute atomic E-state index is 0.146. The molecule has 1 spiro atoms. The first-order valence-corrected chi connectivity index (χ1v) is 11.8. The van der Waals surface area contributed by atoms with Crippen molar-refractivity contribution in [2.24, 2.45) is 5.92 Å². The Morgan fingerprint density at radius 2 is 1.84 bits per heavy atom. The first-order valence-electron chi connectivity index (χ1n) is 11.1. The van der Waals surface area contributed by atoms with Gasteiger partial charge in [-0.3, -0.25) is 0 Å². The molecule has 1 saturated carbocycles. The molecule has 6 heteroatoms. The molecule has 0 amide bonds. The number of esters is 1. The van der Waals surface area contributed by atoms with Crippen LogP contribution in [-0.2, 0) is 14.9 Å². The summed E-state index contributed by atoms with van der Waals surface area (Å²) >= 11 is 12.5. The molecule has 4 nitrogen and oxygen atoms in total. The molecule has 2 N–H and O–H groups in total. The monoisotopic (exact) mass is 473 g/mol. The zero-order chi connectivity index (χ0) is 22.9. The first-order chi connectivity index (χ1) is 15.3. The van der Waals surface area contributed by atoms with Crippen LogP contribution in [0.3, 0.4) is 0 Å². The minimum Gasteiger partial charge on any atom is -0.467 e. The summed E-state index contributed by atoms with van der Waals surface area (Å²) in [5, 5.41) is 14.5. The maximum Gasteiger partial charge on any atom is 0.331 e. The number of aliphatic hydroxyl groups is 1. The van der Waals surface area contributed by atoms with Gasteiger partial charge in [-0.1, -0.05) is 53.9 Å². The number of rotatable bonds is 6. The molecule has 0 heterocycles. The molecule has 1 fully saturated rings. The Kier molecular flexibility index (Phi) is 6.58.